The Morgan fingerprint density at radius 1 is 1.10 bits per heavy atom. The van der Waals surface area contributed by atoms with E-state index in [1.165, 1.54) is 5.56 Å². The van der Waals surface area contributed by atoms with E-state index in [1.807, 2.05) is 41.4 Å². The molecule has 2 fully saturated rings. The summed E-state index contributed by atoms with van der Waals surface area (Å²) in [5, 5.41) is 14.2. The fraction of sp³-hybridized carbons (Fsp3) is 0.522. The summed E-state index contributed by atoms with van der Waals surface area (Å²) in [4.78, 5) is 24.7. The van der Waals surface area contributed by atoms with Gasteiger partial charge in [-0.1, -0.05) is 30.3 Å². The van der Waals surface area contributed by atoms with Crippen LogP contribution in [-0.4, -0.2) is 57.7 Å². The van der Waals surface area contributed by atoms with E-state index < -0.39 is 5.60 Å². The number of fused-ring (bicyclic) bond motifs is 2. The molecule has 160 valence electrons. The average Bonchev–Trinajstić information content (AvgIpc) is 3.11. The van der Waals surface area contributed by atoms with Gasteiger partial charge < -0.3 is 15.3 Å². The number of carbonyl (C=O) groups excluding carboxylic acids is 1. The molecule has 7 heteroatoms. The second-order valence-corrected chi connectivity index (χ2v) is 8.83. The molecule has 30 heavy (non-hydrogen) atoms. The number of rotatable bonds is 2. The predicted octanol–water partition coefficient (Wildman–Crippen LogP) is 2.49. The first kappa shape index (κ1) is 21.2. The second-order valence-electron chi connectivity index (χ2n) is 8.83. The Morgan fingerprint density at radius 2 is 1.87 bits per heavy atom. The van der Waals surface area contributed by atoms with E-state index in [0.717, 1.165) is 49.3 Å². The highest BCUT2D eigenvalue weighted by molar-refractivity contribution is 5.85. The standard InChI is InChI=1S/C23H28N4O2.ClH/c28-21(23(29)10-12-24-13-11-23)27-14-4-8-22(16-27)9-7-18-15-25-20(26-19(18)22)17-5-2-1-3-6-17;/h1-3,5-6,15,24,29H,4,7-14,16H2;1H. The highest BCUT2D eigenvalue weighted by Gasteiger charge is 2.48. The normalized spacial score (nSPS) is 24.9. The van der Waals surface area contributed by atoms with Gasteiger partial charge in [0, 0.05) is 30.3 Å². The fourth-order valence-corrected chi connectivity index (χ4v) is 5.32. The zero-order valence-corrected chi connectivity index (χ0v) is 18.0. The number of hydrogen-bond acceptors (Lipinski definition) is 5. The van der Waals surface area contributed by atoms with Crippen molar-refractivity contribution in [2.24, 2.45) is 0 Å². The monoisotopic (exact) mass is 428 g/mol. The molecule has 1 aromatic carbocycles. The van der Waals surface area contributed by atoms with E-state index in [2.05, 4.69) is 10.3 Å². The first-order valence-electron chi connectivity index (χ1n) is 10.7. The first-order valence-corrected chi connectivity index (χ1v) is 10.7. The summed E-state index contributed by atoms with van der Waals surface area (Å²) >= 11 is 0. The van der Waals surface area contributed by atoms with E-state index in [9.17, 15) is 9.90 Å². The van der Waals surface area contributed by atoms with Gasteiger partial charge in [-0.05, 0) is 57.2 Å². The van der Waals surface area contributed by atoms with Crippen molar-refractivity contribution in [1.29, 1.82) is 0 Å². The number of likely N-dealkylation sites (tertiary alicyclic amines) is 1. The number of hydrogen-bond donors (Lipinski definition) is 2. The highest BCUT2D eigenvalue weighted by Crippen LogP contribution is 2.44. The maximum atomic E-state index is 13.2. The minimum absolute atomic E-state index is 0. The lowest BCUT2D eigenvalue weighted by Gasteiger charge is -2.44. The highest BCUT2D eigenvalue weighted by atomic mass is 35.5. The van der Waals surface area contributed by atoms with Crippen molar-refractivity contribution in [3.8, 4) is 11.4 Å². The van der Waals surface area contributed by atoms with Crippen LogP contribution in [0.25, 0.3) is 11.4 Å². The number of nitrogens with one attached hydrogen (secondary N) is 1. The van der Waals surface area contributed by atoms with Crippen molar-refractivity contribution in [1.82, 2.24) is 20.2 Å². The molecular formula is C23H29ClN4O2. The largest absolute Gasteiger partial charge is 0.380 e. The molecule has 0 bridgehead atoms. The van der Waals surface area contributed by atoms with E-state index in [4.69, 9.17) is 4.98 Å². The van der Waals surface area contributed by atoms with E-state index in [-0.39, 0.29) is 23.7 Å². The molecule has 2 aromatic rings. The molecule has 6 nitrogen and oxygen atoms in total. The van der Waals surface area contributed by atoms with Crippen LogP contribution in [0.3, 0.4) is 0 Å². The Labute approximate surface area is 183 Å². The van der Waals surface area contributed by atoms with Crippen LogP contribution in [0.15, 0.2) is 36.5 Å². The molecule has 3 aliphatic rings. The molecule has 0 saturated carbocycles. The first-order chi connectivity index (χ1) is 14.1. The summed E-state index contributed by atoms with van der Waals surface area (Å²) in [6, 6.07) is 10.1. The van der Waals surface area contributed by atoms with Crippen LogP contribution in [0, 0.1) is 0 Å². The molecule has 1 aromatic heterocycles. The Hall–Kier alpha value is -2.02. The van der Waals surface area contributed by atoms with Crippen LogP contribution >= 0.6 is 12.4 Å². The third-order valence-corrected chi connectivity index (χ3v) is 6.96. The number of benzene rings is 1. The number of aromatic nitrogens is 2. The summed E-state index contributed by atoms with van der Waals surface area (Å²) in [6.07, 6.45) is 6.90. The predicted molar refractivity (Wildman–Crippen MR) is 118 cm³/mol. The summed E-state index contributed by atoms with van der Waals surface area (Å²) < 4.78 is 0. The van der Waals surface area contributed by atoms with Gasteiger partial charge in [-0.3, -0.25) is 4.79 Å². The molecule has 1 spiro atoms. The summed E-state index contributed by atoms with van der Waals surface area (Å²) in [7, 11) is 0. The maximum Gasteiger partial charge on any atom is 0.254 e. The lowest BCUT2D eigenvalue weighted by atomic mass is 9.76. The number of piperidine rings is 2. The minimum Gasteiger partial charge on any atom is -0.380 e. The van der Waals surface area contributed by atoms with Crippen molar-refractivity contribution in [3.05, 3.63) is 47.8 Å². The zero-order valence-electron chi connectivity index (χ0n) is 17.1. The van der Waals surface area contributed by atoms with Gasteiger partial charge in [0.1, 0.15) is 5.60 Å². The van der Waals surface area contributed by atoms with Gasteiger partial charge in [0.05, 0.1) is 5.69 Å². The molecule has 1 amide bonds. The third kappa shape index (κ3) is 3.61. The summed E-state index contributed by atoms with van der Waals surface area (Å²) in [5.74, 6) is 0.662. The van der Waals surface area contributed by atoms with Crippen molar-refractivity contribution in [2.45, 2.75) is 49.5 Å². The van der Waals surface area contributed by atoms with Crippen molar-refractivity contribution in [2.75, 3.05) is 26.2 Å². The van der Waals surface area contributed by atoms with Crippen LogP contribution in [0.5, 0.6) is 0 Å². The molecule has 2 saturated heterocycles. The van der Waals surface area contributed by atoms with Gasteiger partial charge in [0.2, 0.25) is 0 Å². The topological polar surface area (TPSA) is 78.4 Å². The van der Waals surface area contributed by atoms with Gasteiger partial charge in [-0.15, -0.1) is 12.4 Å². The van der Waals surface area contributed by atoms with Crippen LogP contribution in [0.2, 0.25) is 0 Å². The molecule has 3 heterocycles. The Balaban J connectivity index is 0.00000218. The second kappa shape index (κ2) is 8.25. The SMILES string of the molecule is Cl.O=C(N1CCCC2(CCc3cnc(-c4ccccc4)nc32)C1)C1(O)CCNCC1. The number of aryl methyl sites for hydroxylation is 1. The minimum atomic E-state index is -1.22. The van der Waals surface area contributed by atoms with Crippen LogP contribution in [0.1, 0.15) is 43.4 Å². The third-order valence-electron chi connectivity index (χ3n) is 6.96. The maximum absolute atomic E-state index is 13.2. The molecule has 1 aliphatic carbocycles. The average molecular weight is 429 g/mol. The van der Waals surface area contributed by atoms with E-state index >= 15 is 0 Å². The van der Waals surface area contributed by atoms with Gasteiger partial charge >= 0.3 is 0 Å². The number of halogens is 1. The molecule has 0 radical (unpaired) electrons. The quantitative estimate of drug-likeness (QED) is 0.768. The molecule has 2 N–H and O–H groups in total. The summed E-state index contributed by atoms with van der Waals surface area (Å²) in [6.45, 7) is 2.76. The van der Waals surface area contributed by atoms with Crippen LogP contribution in [-0.2, 0) is 16.6 Å². The van der Waals surface area contributed by atoms with Crippen molar-refractivity contribution in [3.63, 3.8) is 0 Å². The number of aliphatic hydroxyl groups is 1. The van der Waals surface area contributed by atoms with Crippen molar-refractivity contribution >= 4 is 18.3 Å². The van der Waals surface area contributed by atoms with Crippen molar-refractivity contribution < 1.29 is 9.90 Å². The number of nitrogens with zero attached hydrogens (tertiary/aromatic N) is 3. The number of carbonyl (C=O) groups is 1. The van der Waals surface area contributed by atoms with Gasteiger partial charge in [-0.25, -0.2) is 9.97 Å². The molecule has 1 atom stereocenters. The molecule has 2 aliphatic heterocycles. The summed E-state index contributed by atoms with van der Waals surface area (Å²) in [5.41, 5.74) is 2.01. The Morgan fingerprint density at radius 3 is 2.63 bits per heavy atom. The Bertz CT molecular complexity index is 913. The lowest BCUT2D eigenvalue weighted by molar-refractivity contribution is -0.156. The van der Waals surface area contributed by atoms with Crippen LogP contribution < -0.4 is 5.32 Å². The molecular weight excluding hydrogens is 400 g/mol. The van der Waals surface area contributed by atoms with E-state index in [1.54, 1.807) is 0 Å². The fourth-order valence-electron chi connectivity index (χ4n) is 5.32. The lowest BCUT2D eigenvalue weighted by Crippen LogP contribution is -2.58. The number of amides is 1. The molecule has 1 unspecified atom stereocenters. The van der Waals surface area contributed by atoms with Gasteiger partial charge in [0.15, 0.2) is 5.82 Å². The van der Waals surface area contributed by atoms with Crippen LogP contribution in [0.4, 0.5) is 0 Å². The smallest absolute Gasteiger partial charge is 0.254 e. The van der Waals surface area contributed by atoms with Gasteiger partial charge in [-0.2, -0.15) is 0 Å². The zero-order chi connectivity index (χ0) is 19.9. The van der Waals surface area contributed by atoms with Gasteiger partial charge in [0.25, 0.3) is 5.91 Å². The van der Waals surface area contributed by atoms with E-state index in [0.29, 0.717) is 32.5 Å². The molecule has 5 rings (SSSR count). The Kier molecular flexibility index (Phi) is 5.84.